The Bertz CT molecular complexity index is 294. The van der Waals surface area contributed by atoms with Gasteiger partial charge < -0.3 is 14.6 Å². The van der Waals surface area contributed by atoms with Crippen LogP contribution in [0, 0.1) is 0 Å². The fourth-order valence-electron chi connectivity index (χ4n) is 0.901. The van der Waals surface area contributed by atoms with Crippen LogP contribution in [0.5, 0.6) is 11.5 Å². The molecule has 0 saturated carbocycles. The Labute approximate surface area is 84.0 Å². The number of aliphatic hydroxyl groups is 1. The summed E-state index contributed by atoms with van der Waals surface area (Å²) in [5, 5.41) is 8.44. The molecule has 1 aromatic rings. The van der Waals surface area contributed by atoms with Gasteiger partial charge in [0.2, 0.25) is 0 Å². The molecular weight excluding hydrogens is 213 g/mol. The van der Waals surface area contributed by atoms with Crippen LogP contribution in [0.1, 0.15) is 0 Å². The summed E-state index contributed by atoms with van der Waals surface area (Å²) in [7, 11) is 0. The second kappa shape index (κ2) is 4.88. The topological polar surface area (TPSA) is 38.7 Å². The zero-order valence-electron chi connectivity index (χ0n) is 7.62. The number of rotatable bonds is 4. The molecule has 1 aromatic carbocycles. The molecule has 1 rings (SSSR count). The van der Waals surface area contributed by atoms with Crippen molar-refractivity contribution in [2.45, 2.75) is 6.36 Å². The molecule has 84 valence electrons. The molecule has 3 nitrogen and oxygen atoms in total. The molecule has 15 heavy (non-hydrogen) atoms. The minimum Gasteiger partial charge on any atom is -0.491 e. The third kappa shape index (κ3) is 4.55. The summed E-state index contributed by atoms with van der Waals surface area (Å²) in [5.74, 6) is 0.0671. The quantitative estimate of drug-likeness (QED) is 0.846. The molecule has 0 aliphatic carbocycles. The molecule has 0 bridgehead atoms. The van der Waals surface area contributed by atoms with Crippen molar-refractivity contribution in [3.8, 4) is 11.5 Å². The van der Waals surface area contributed by atoms with Crippen molar-refractivity contribution in [1.82, 2.24) is 0 Å². The van der Waals surface area contributed by atoms with Gasteiger partial charge in [-0.3, -0.25) is 0 Å². The maximum atomic E-state index is 11.8. The summed E-state index contributed by atoms with van der Waals surface area (Å²) in [6.45, 7) is -0.0553. The first kappa shape index (κ1) is 11.6. The van der Waals surface area contributed by atoms with E-state index < -0.39 is 6.36 Å². The van der Waals surface area contributed by atoms with Gasteiger partial charge in [-0.15, -0.1) is 13.2 Å². The van der Waals surface area contributed by atoms with Crippen molar-refractivity contribution in [2.24, 2.45) is 0 Å². The van der Waals surface area contributed by atoms with Gasteiger partial charge in [0, 0.05) is 0 Å². The van der Waals surface area contributed by atoms with Crippen LogP contribution in [-0.2, 0) is 0 Å². The van der Waals surface area contributed by atoms with E-state index in [0.29, 0.717) is 5.75 Å². The highest BCUT2D eigenvalue weighted by Crippen LogP contribution is 2.24. The third-order valence-corrected chi connectivity index (χ3v) is 1.42. The molecule has 0 spiro atoms. The second-order valence-electron chi connectivity index (χ2n) is 2.59. The van der Waals surface area contributed by atoms with E-state index in [1.54, 1.807) is 0 Å². The molecule has 0 saturated heterocycles. The lowest BCUT2D eigenvalue weighted by atomic mass is 10.3. The predicted octanol–water partition coefficient (Wildman–Crippen LogP) is 1.96. The lowest BCUT2D eigenvalue weighted by molar-refractivity contribution is -0.274. The number of ether oxygens (including phenoxy) is 2. The van der Waals surface area contributed by atoms with Gasteiger partial charge in [-0.05, 0) is 24.3 Å². The molecule has 0 heterocycles. The molecule has 0 unspecified atom stereocenters. The van der Waals surface area contributed by atoms with Crippen LogP contribution in [0.4, 0.5) is 13.2 Å². The number of benzene rings is 1. The average molecular weight is 222 g/mol. The highest BCUT2D eigenvalue weighted by molar-refractivity contribution is 5.31. The summed E-state index contributed by atoms with van der Waals surface area (Å²) >= 11 is 0. The summed E-state index contributed by atoms with van der Waals surface area (Å²) in [4.78, 5) is 0. The minimum absolute atomic E-state index is 0.0967. The summed E-state index contributed by atoms with van der Waals surface area (Å²) in [6.07, 6.45) is -4.69. The van der Waals surface area contributed by atoms with Gasteiger partial charge in [0.25, 0.3) is 0 Å². The normalized spacial score (nSPS) is 11.2. The van der Waals surface area contributed by atoms with Gasteiger partial charge in [-0.1, -0.05) is 0 Å². The van der Waals surface area contributed by atoms with E-state index in [0.717, 1.165) is 12.1 Å². The Morgan fingerprint density at radius 3 is 2.07 bits per heavy atom. The standard InChI is InChI=1S/C9H9F3O3/c10-9(11,12)15-8-3-1-7(2-4-8)14-6-5-13/h1-4,13H,5-6H2. The van der Waals surface area contributed by atoms with E-state index in [2.05, 4.69) is 4.74 Å². The van der Waals surface area contributed by atoms with Crippen molar-refractivity contribution >= 4 is 0 Å². The van der Waals surface area contributed by atoms with Gasteiger partial charge in [0.1, 0.15) is 18.1 Å². The molecule has 0 radical (unpaired) electrons. The van der Waals surface area contributed by atoms with E-state index in [9.17, 15) is 13.2 Å². The van der Waals surface area contributed by atoms with Gasteiger partial charge in [0.05, 0.1) is 6.61 Å². The number of hydrogen-bond donors (Lipinski definition) is 1. The van der Waals surface area contributed by atoms with Crippen molar-refractivity contribution in [1.29, 1.82) is 0 Å². The fraction of sp³-hybridized carbons (Fsp3) is 0.333. The van der Waals surface area contributed by atoms with Crippen molar-refractivity contribution in [3.63, 3.8) is 0 Å². The van der Waals surface area contributed by atoms with E-state index >= 15 is 0 Å². The monoisotopic (exact) mass is 222 g/mol. The maximum absolute atomic E-state index is 11.8. The van der Waals surface area contributed by atoms with Crippen LogP contribution in [0.3, 0.4) is 0 Å². The van der Waals surface area contributed by atoms with Crippen molar-refractivity contribution in [3.05, 3.63) is 24.3 Å². The molecular formula is C9H9F3O3. The van der Waals surface area contributed by atoms with E-state index in [1.807, 2.05) is 0 Å². The van der Waals surface area contributed by atoms with Gasteiger partial charge in [-0.25, -0.2) is 0 Å². The summed E-state index contributed by atoms with van der Waals surface area (Å²) in [5.41, 5.74) is 0. The highest BCUT2D eigenvalue weighted by atomic mass is 19.4. The molecule has 0 atom stereocenters. The van der Waals surface area contributed by atoms with Crippen LogP contribution in [-0.4, -0.2) is 24.7 Å². The molecule has 0 aliphatic heterocycles. The van der Waals surface area contributed by atoms with Gasteiger partial charge in [-0.2, -0.15) is 0 Å². The second-order valence-corrected chi connectivity index (χ2v) is 2.59. The van der Waals surface area contributed by atoms with Crippen LogP contribution in [0.25, 0.3) is 0 Å². The van der Waals surface area contributed by atoms with Crippen LogP contribution >= 0.6 is 0 Å². The first-order valence-corrected chi connectivity index (χ1v) is 4.11. The smallest absolute Gasteiger partial charge is 0.491 e. The van der Waals surface area contributed by atoms with Crippen LogP contribution in [0.2, 0.25) is 0 Å². The Kier molecular flexibility index (Phi) is 3.79. The molecule has 0 aliphatic rings. The third-order valence-electron chi connectivity index (χ3n) is 1.42. The van der Waals surface area contributed by atoms with Crippen molar-refractivity contribution in [2.75, 3.05) is 13.2 Å². The highest BCUT2D eigenvalue weighted by Gasteiger charge is 2.30. The number of halogens is 3. The molecule has 0 fully saturated rings. The van der Waals surface area contributed by atoms with Gasteiger partial charge in [0.15, 0.2) is 0 Å². The van der Waals surface area contributed by atoms with Crippen molar-refractivity contribution < 1.29 is 27.8 Å². The fourth-order valence-corrected chi connectivity index (χ4v) is 0.901. The Hall–Kier alpha value is -1.43. The SMILES string of the molecule is OCCOc1ccc(OC(F)(F)F)cc1. The molecule has 0 amide bonds. The molecule has 6 heteroatoms. The lowest BCUT2D eigenvalue weighted by Crippen LogP contribution is -2.17. The average Bonchev–Trinajstić information content (AvgIpc) is 2.14. The first-order chi connectivity index (χ1) is 7.01. The summed E-state index contributed by atoms with van der Waals surface area (Å²) in [6, 6.07) is 4.94. The predicted molar refractivity (Wildman–Crippen MR) is 45.7 cm³/mol. The Balaban J connectivity index is 2.56. The van der Waals surface area contributed by atoms with Crippen LogP contribution < -0.4 is 9.47 Å². The van der Waals surface area contributed by atoms with Crippen LogP contribution in [0.15, 0.2) is 24.3 Å². The maximum Gasteiger partial charge on any atom is 0.573 e. The van der Waals surface area contributed by atoms with E-state index in [4.69, 9.17) is 9.84 Å². The number of aliphatic hydroxyl groups excluding tert-OH is 1. The largest absolute Gasteiger partial charge is 0.573 e. The lowest BCUT2D eigenvalue weighted by Gasteiger charge is -2.09. The minimum atomic E-state index is -4.69. The molecule has 1 N–H and O–H groups in total. The zero-order valence-corrected chi connectivity index (χ0v) is 7.62. The molecule has 0 aromatic heterocycles. The first-order valence-electron chi connectivity index (χ1n) is 4.11. The Morgan fingerprint density at radius 2 is 1.60 bits per heavy atom. The summed E-state index contributed by atoms with van der Waals surface area (Å²) < 4.78 is 43.9. The van der Waals surface area contributed by atoms with E-state index in [1.165, 1.54) is 12.1 Å². The zero-order chi connectivity index (χ0) is 11.3. The number of hydrogen-bond acceptors (Lipinski definition) is 3. The van der Waals surface area contributed by atoms with Gasteiger partial charge >= 0.3 is 6.36 Å². The van der Waals surface area contributed by atoms with E-state index in [-0.39, 0.29) is 19.0 Å². The number of alkyl halides is 3. The Morgan fingerprint density at radius 1 is 1.07 bits per heavy atom.